The fourth-order valence-electron chi connectivity index (χ4n) is 2.94. The number of nitrogens with zero attached hydrogens (tertiary/aromatic N) is 2. The molecule has 0 atom stereocenters. The third-order valence-electron chi connectivity index (χ3n) is 4.15. The van der Waals surface area contributed by atoms with Crippen molar-refractivity contribution in [3.63, 3.8) is 0 Å². The molecule has 7 nitrogen and oxygen atoms in total. The van der Waals surface area contributed by atoms with Gasteiger partial charge in [-0.2, -0.15) is 0 Å². The van der Waals surface area contributed by atoms with E-state index in [4.69, 9.17) is 5.73 Å². The Kier molecular flexibility index (Phi) is 7.23. The number of halogens is 1. The van der Waals surface area contributed by atoms with Crippen LogP contribution in [0, 0.1) is 11.8 Å². The molecule has 0 aliphatic carbocycles. The van der Waals surface area contributed by atoms with Crippen LogP contribution in [0.15, 0.2) is 38.3 Å². The van der Waals surface area contributed by atoms with Crippen LogP contribution in [0.1, 0.15) is 33.3 Å². The van der Waals surface area contributed by atoms with Gasteiger partial charge in [-0.3, -0.25) is 19.1 Å². The second-order valence-electron chi connectivity index (χ2n) is 7.70. The number of H-pyrrole nitrogens is 1. The van der Waals surface area contributed by atoms with E-state index in [1.807, 2.05) is 52.0 Å². The van der Waals surface area contributed by atoms with Crippen molar-refractivity contribution in [3.05, 3.63) is 55.1 Å². The number of carbonyl (C=O) groups is 1. The van der Waals surface area contributed by atoms with E-state index in [1.165, 1.54) is 9.47 Å². The number of nitrogens with one attached hydrogen (secondary N) is 1. The molecule has 0 aliphatic rings. The monoisotopic (exact) mass is 450 g/mol. The fraction of sp³-hybridized carbons (Fsp3) is 0.450. The van der Waals surface area contributed by atoms with Crippen LogP contribution in [0.5, 0.6) is 0 Å². The maximum atomic E-state index is 13.1. The number of rotatable bonds is 7. The van der Waals surface area contributed by atoms with Gasteiger partial charge in [-0.15, -0.1) is 0 Å². The largest absolute Gasteiger partial charge is 0.383 e. The number of aromatic nitrogens is 2. The number of nitrogens with two attached hydrogens (primary N) is 1. The highest BCUT2D eigenvalue weighted by molar-refractivity contribution is 9.10. The summed E-state index contributed by atoms with van der Waals surface area (Å²) in [7, 11) is 0. The minimum atomic E-state index is -0.646. The molecule has 0 saturated heterocycles. The number of benzene rings is 1. The van der Waals surface area contributed by atoms with Gasteiger partial charge in [-0.25, -0.2) is 4.79 Å². The molecular weight excluding hydrogens is 424 g/mol. The number of amides is 1. The van der Waals surface area contributed by atoms with E-state index < -0.39 is 11.2 Å². The predicted octanol–water partition coefficient (Wildman–Crippen LogP) is 2.77. The molecule has 8 heteroatoms. The number of hydrogen-bond donors (Lipinski definition) is 2. The second-order valence-corrected chi connectivity index (χ2v) is 8.61. The number of nitrogen functional groups attached to an aromatic ring is 1. The predicted molar refractivity (Wildman–Crippen MR) is 116 cm³/mol. The maximum absolute atomic E-state index is 13.1. The molecule has 0 fully saturated rings. The SMILES string of the molecule is CC(C)CN(C(=O)Cc1ccc(Br)cc1)c1c(N)n(CC(C)C)c(=O)[nH]c1=O. The van der Waals surface area contributed by atoms with E-state index in [-0.39, 0.29) is 35.7 Å². The summed E-state index contributed by atoms with van der Waals surface area (Å²) in [5.41, 5.74) is 5.86. The van der Waals surface area contributed by atoms with Crippen molar-refractivity contribution in [2.24, 2.45) is 11.8 Å². The molecule has 2 rings (SSSR count). The molecule has 2 aromatic rings. The van der Waals surface area contributed by atoms with Gasteiger partial charge in [-0.1, -0.05) is 55.8 Å². The normalized spacial score (nSPS) is 11.2. The molecule has 0 radical (unpaired) electrons. The highest BCUT2D eigenvalue weighted by Crippen LogP contribution is 2.21. The summed E-state index contributed by atoms with van der Waals surface area (Å²) in [5.74, 6) is 0.0316. The third-order valence-corrected chi connectivity index (χ3v) is 4.68. The molecule has 152 valence electrons. The van der Waals surface area contributed by atoms with Crippen molar-refractivity contribution in [1.82, 2.24) is 9.55 Å². The smallest absolute Gasteiger partial charge is 0.330 e. The zero-order valence-electron chi connectivity index (χ0n) is 16.7. The Labute approximate surface area is 172 Å². The minimum Gasteiger partial charge on any atom is -0.383 e. The van der Waals surface area contributed by atoms with Crippen molar-refractivity contribution < 1.29 is 4.79 Å². The molecule has 28 heavy (non-hydrogen) atoms. The van der Waals surface area contributed by atoms with Crippen LogP contribution < -0.4 is 21.9 Å². The Bertz CT molecular complexity index is 945. The first-order valence-electron chi connectivity index (χ1n) is 9.27. The van der Waals surface area contributed by atoms with E-state index in [9.17, 15) is 14.4 Å². The summed E-state index contributed by atoms with van der Waals surface area (Å²) in [6.45, 7) is 8.47. The van der Waals surface area contributed by atoms with Crippen molar-refractivity contribution in [1.29, 1.82) is 0 Å². The number of aromatic amines is 1. The Morgan fingerprint density at radius 2 is 1.75 bits per heavy atom. The number of anilines is 2. The van der Waals surface area contributed by atoms with Gasteiger partial charge in [0.1, 0.15) is 5.82 Å². The zero-order chi connectivity index (χ0) is 21.0. The molecular formula is C20H27BrN4O3. The van der Waals surface area contributed by atoms with Gasteiger partial charge in [0, 0.05) is 17.6 Å². The van der Waals surface area contributed by atoms with E-state index >= 15 is 0 Å². The van der Waals surface area contributed by atoms with E-state index in [0.717, 1.165) is 10.0 Å². The molecule has 0 unspecified atom stereocenters. The lowest BCUT2D eigenvalue weighted by Gasteiger charge is -2.26. The first-order chi connectivity index (χ1) is 13.1. The Morgan fingerprint density at radius 1 is 1.14 bits per heavy atom. The van der Waals surface area contributed by atoms with Gasteiger partial charge in [0.25, 0.3) is 5.56 Å². The molecule has 1 heterocycles. The summed E-state index contributed by atoms with van der Waals surface area (Å²) in [6, 6.07) is 7.42. The summed E-state index contributed by atoms with van der Waals surface area (Å²) in [6.07, 6.45) is 0.127. The quantitative estimate of drug-likeness (QED) is 0.676. The van der Waals surface area contributed by atoms with Crippen molar-refractivity contribution in [3.8, 4) is 0 Å². The fourth-order valence-corrected chi connectivity index (χ4v) is 3.20. The van der Waals surface area contributed by atoms with Crippen LogP contribution in [0.2, 0.25) is 0 Å². The van der Waals surface area contributed by atoms with Crippen LogP contribution in [-0.2, 0) is 17.8 Å². The molecule has 1 amide bonds. The molecule has 0 saturated carbocycles. The van der Waals surface area contributed by atoms with E-state index in [1.54, 1.807) is 0 Å². The third kappa shape index (κ3) is 5.34. The highest BCUT2D eigenvalue weighted by Gasteiger charge is 2.25. The van der Waals surface area contributed by atoms with E-state index in [2.05, 4.69) is 20.9 Å². The standard InChI is InChI=1S/C20H27BrN4O3/c1-12(2)10-24(16(26)9-14-5-7-15(21)8-6-14)17-18(22)25(11-13(3)4)20(28)23-19(17)27/h5-8,12-13H,9-11,22H2,1-4H3,(H,23,27,28). The highest BCUT2D eigenvalue weighted by atomic mass is 79.9. The Hall–Kier alpha value is -2.35. The first kappa shape index (κ1) is 21.9. The topological polar surface area (TPSA) is 101 Å². The average molecular weight is 451 g/mol. The van der Waals surface area contributed by atoms with Crippen LogP contribution in [-0.4, -0.2) is 22.0 Å². The molecule has 0 spiro atoms. The lowest BCUT2D eigenvalue weighted by Crippen LogP contribution is -2.43. The minimum absolute atomic E-state index is 0.0206. The zero-order valence-corrected chi connectivity index (χ0v) is 18.2. The van der Waals surface area contributed by atoms with Gasteiger partial charge in [-0.05, 0) is 29.5 Å². The molecule has 0 bridgehead atoms. The van der Waals surface area contributed by atoms with Gasteiger partial charge in [0.15, 0.2) is 5.69 Å². The van der Waals surface area contributed by atoms with Crippen molar-refractivity contribution in [2.45, 2.75) is 40.7 Å². The summed E-state index contributed by atoms with van der Waals surface area (Å²) < 4.78 is 2.24. The Morgan fingerprint density at radius 3 is 2.29 bits per heavy atom. The summed E-state index contributed by atoms with van der Waals surface area (Å²) in [4.78, 5) is 41.6. The van der Waals surface area contributed by atoms with Gasteiger partial charge >= 0.3 is 5.69 Å². The summed E-state index contributed by atoms with van der Waals surface area (Å²) in [5, 5.41) is 0. The van der Waals surface area contributed by atoms with Crippen LogP contribution in [0.3, 0.4) is 0 Å². The molecule has 3 N–H and O–H groups in total. The molecule has 0 aliphatic heterocycles. The lowest BCUT2D eigenvalue weighted by atomic mass is 10.1. The van der Waals surface area contributed by atoms with Gasteiger partial charge in [0.2, 0.25) is 5.91 Å². The van der Waals surface area contributed by atoms with Gasteiger partial charge in [0.05, 0.1) is 6.42 Å². The maximum Gasteiger partial charge on any atom is 0.330 e. The van der Waals surface area contributed by atoms with Gasteiger partial charge < -0.3 is 10.6 Å². The second kappa shape index (κ2) is 9.23. The average Bonchev–Trinajstić information content (AvgIpc) is 2.59. The van der Waals surface area contributed by atoms with Crippen LogP contribution >= 0.6 is 15.9 Å². The number of carbonyl (C=O) groups excluding carboxylic acids is 1. The molecule has 1 aromatic heterocycles. The Balaban J connectivity index is 2.50. The summed E-state index contributed by atoms with van der Waals surface area (Å²) >= 11 is 3.37. The van der Waals surface area contributed by atoms with Crippen LogP contribution in [0.4, 0.5) is 11.5 Å². The van der Waals surface area contributed by atoms with E-state index in [0.29, 0.717) is 13.1 Å². The first-order valence-corrected chi connectivity index (χ1v) is 10.1. The van der Waals surface area contributed by atoms with Crippen LogP contribution in [0.25, 0.3) is 0 Å². The van der Waals surface area contributed by atoms with Crippen molar-refractivity contribution >= 4 is 33.3 Å². The lowest BCUT2D eigenvalue weighted by molar-refractivity contribution is -0.118. The molecule has 1 aromatic carbocycles. The number of hydrogen-bond acceptors (Lipinski definition) is 4. The van der Waals surface area contributed by atoms with Crippen molar-refractivity contribution in [2.75, 3.05) is 17.2 Å².